The van der Waals surface area contributed by atoms with Gasteiger partial charge in [-0.15, -0.1) is 0 Å². The minimum absolute atomic E-state index is 0.0530. The van der Waals surface area contributed by atoms with Crippen LogP contribution in [0.4, 0.5) is 0 Å². The highest BCUT2D eigenvalue weighted by atomic mass is 16.7. The van der Waals surface area contributed by atoms with Crippen molar-refractivity contribution >= 4 is 11.0 Å². The summed E-state index contributed by atoms with van der Waals surface area (Å²) in [5.74, 6) is -1.94. The molecule has 0 radical (unpaired) electrons. The van der Waals surface area contributed by atoms with E-state index in [9.17, 15) is 45.6 Å². The molecule has 244 valence electrons. The predicted molar refractivity (Wildman–Crippen MR) is 148 cm³/mol. The van der Waals surface area contributed by atoms with Gasteiger partial charge in [-0.25, -0.2) is 0 Å². The summed E-state index contributed by atoms with van der Waals surface area (Å²) in [6.07, 6.45) is -15.3. The second-order valence-electron chi connectivity index (χ2n) is 10.9. The molecule has 4 heterocycles. The molecule has 10 unspecified atom stereocenters. The number of hydrogen-bond acceptors (Lipinski definition) is 16. The third kappa shape index (κ3) is 4.99. The van der Waals surface area contributed by atoms with Crippen LogP contribution in [-0.4, -0.2) is 129 Å². The number of aliphatic hydroxyl groups is 8. The Kier molecular flexibility index (Phi) is 8.38. The van der Waals surface area contributed by atoms with Gasteiger partial charge in [0.2, 0.25) is 18.0 Å². The highest BCUT2D eigenvalue weighted by molar-refractivity contribution is 5.91. The lowest BCUT2D eigenvalue weighted by Gasteiger charge is -2.54. The van der Waals surface area contributed by atoms with Gasteiger partial charge in [-0.05, 0) is 17.7 Å². The van der Waals surface area contributed by atoms with Crippen LogP contribution in [0.3, 0.4) is 0 Å². The maximum absolute atomic E-state index is 13.6. The lowest BCUT2D eigenvalue weighted by Crippen LogP contribution is -2.77. The van der Waals surface area contributed by atoms with Crippen LogP contribution in [-0.2, 0) is 9.47 Å². The first kappa shape index (κ1) is 31.4. The zero-order chi connectivity index (χ0) is 32.2. The van der Waals surface area contributed by atoms with Gasteiger partial charge in [-0.1, -0.05) is 12.1 Å². The van der Waals surface area contributed by atoms with E-state index < -0.39 is 79.4 Å². The van der Waals surface area contributed by atoms with E-state index >= 15 is 0 Å². The standard InChI is InChI=1S/C29H32O16/c1-39-26-18-14(6-15-25(26)42-10-41-15)40-9-13(19(18)32)11-2-4-12(5-3-11)44-29(27(38)23(36)21(34)17(8-31)45-29)28-24(37)22(35)20(33)16(7-30)43-28/h2-6,9,16-17,20-24,27-28,30-31,33-38H,7-8,10H2,1H3. The minimum Gasteiger partial charge on any atom is -0.492 e. The molecule has 0 aliphatic carbocycles. The molecular formula is C29H32O16. The Bertz CT molecular complexity index is 1590. The van der Waals surface area contributed by atoms with Crippen molar-refractivity contribution in [3.8, 4) is 34.1 Å². The molecule has 3 aliphatic rings. The van der Waals surface area contributed by atoms with Gasteiger partial charge in [-0.2, -0.15) is 0 Å². The van der Waals surface area contributed by atoms with E-state index in [0.29, 0.717) is 11.3 Å². The fraction of sp³-hybridized carbons (Fsp3) is 0.483. The molecule has 16 heteroatoms. The Hall–Kier alpha value is -3.55. The van der Waals surface area contributed by atoms with E-state index in [0.717, 1.165) is 0 Å². The molecule has 2 fully saturated rings. The Morgan fingerprint density at radius 1 is 0.889 bits per heavy atom. The first-order chi connectivity index (χ1) is 21.6. The van der Waals surface area contributed by atoms with E-state index in [1.807, 2.05) is 0 Å². The van der Waals surface area contributed by atoms with Crippen molar-refractivity contribution in [1.82, 2.24) is 0 Å². The molecule has 0 amide bonds. The minimum atomic E-state index is -2.61. The van der Waals surface area contributed by atoms with Crippen molar-refractivity contribution in [3.05, 3.63) is 46.8 Å². The molecule has 0 bridgehead atoms. The Morgan fingerprint density at radius 2 is 1.58 bits per heavy atom. The average molecular weight is 637 g/mol. The van der Waals surface area contributed by atoms with Crippen molar-refractivity contribution in [2.75, 3.05) is 27.1 Å². The summed E-state index contributed by atoms with van der Waals surface area (Å²) in [7, 11) is 1.37. The van der Waals surface area contributed by atoms with Crippen LogP contribution in [0.1, 0.15) is 0 Å². The summed E-state index contributed by atoms with van der Waals surface area (Å²) in [5.41, 5.74) is 0.233. The number of aliphatic hydroxyl groups excluding tert-OH is 8. The molecule has 6 rings (SSSR count). The van der Waals surface area contributed by atoms with Crippen molar-refractivity contribution in [2.45, 2.75) is 60.7 Å². The van der Waals surface area contributed by atoms with Crippen LogP contribution < -0.4 is 24.4 Å². The number of fused-ring (bicyclic) bond motifs is 2. The first-order valence-corrected chi connectivity index (χ1v) is 13.9. The molecule has 3 aromatic rings. The van der Waals surface area contributed by atoms with Crippen molar-refractivity contribution in [3.63, 3.8) is 0 Å². The van der Waals surface area contributed by atoms with E-state index in [-0.39, 0.29) is 40.6 Å². The lowest BCUT2D eigenvalue weighted by molar-refractivity contribution is -0.396. The quantitative estimate of drug-likeness (QED) is 0.135. The van der Waals surface area contributed by atoms with Crippen LogP contribution in [0.25, 0.3) is 22.1 Å². The fourth-order valence-corrected chi connectivity index (χ4v) is 5.87. The molecule has 0 saturated carbocycles. The van der Waals surface area contributed by atoms with Crippen LogP contribution in [0.2, 0.25) is 0 Å². The Morgan fingerprint density at radius 3 is 2.24 bits per heavy atom. The molecule has 10 atom stereocenters. The SMILES string of the molecule is COc1c2c(cc3occ(-c4ccc(OC5(C6OC(CO)C(O)C(O)C6O)OC(CO)C(O)C(O)C5O)cc4)c(=O)c13)OCO2. The molecule has 16 nitrogen and oxygen atoms in total. The van der Waals surface area contributed by atoms with Crippen LogP contribution in [0, 0.1) is 0 Å². The zero-order valence-corrected chi connectivity index (χ0v) is 23.6. The van der Waals surface area contributed by atoms with Gasteiger partial charge in [0.15, 0.2) is 23.7 Å². The molecule has 45 heavy (non-hydrogen) atoms. The van der Waals surface area contributed by atoms with E-state index in [1.165, 1.54) is 43.7 Å². The molecule has 2 saturated heterocycles. The third-order valence-electron chi connectivity index (χ3n) is 8.28. The lowest BCUT2D eigenvalue weighted by atomic mass is 9.83. The van der Waals surface area contributed by atoms with Crippen molar-refractivity contribution < 1.29 is 73.7 Å². The first-order valence-electron chi connectivity index (χ1n) is 13.9. The zero-order valence-electron chi connectivity index (χ0n) is 23.6. The number of hydrogen-bond donors (Lipinski definition) is 8. The summed E-state index contributed by atoms with van der Waals surface area (Å²) in [6.45, 7) is -1.74. The normalized spacial score (nSPS) is 34.6. The average Bonchev–Trinajstić information content (AvgIpc) is 3.52. The van der Waals surface area contributed by atoms with Crippen molar-refractivity contribution in [1.29, 1.82) is 0 Å². The maximum Gasteiger partial charge on any atom is 0.268 e. The highest BCUT2D eigenvalue weighted by Crippen LogP contribution is 2.46. The van der Waals surface area contributed by atoms with Gasteiger partial charge >= 0.3 is 0 Å². The van der Waals surface area contributed by atoms with Gasteiger partial charge in [0.25, 0.3) is 5.79 Å². The van der Waals surface area contributed by atoms with Gasteiger partial charge < -0.3 is 73.7 Å². The number of ether oxygens (including phenoxy) is 6. The number of methoxy groups -OCH3 is 1. The smallest absolute Gasteiger partial charge is 0.268 e. The number of rotatable bonds is 7. The van der Waals surface area contributed by atoms with Crippen LogP contribution >= 0.6 is 0 Å². The van der Waals surface area contributed by atoms with Gasteiger partial charge in [0.1, 0.15) is 65.7 Å². The van der Waals surface area contributed by atoms with Gasteiger partial charge in [0, 0.05) is 6.07 Å². The van der Waals surface area contributed by atoms with Gasteiger partial charge in [0.05, 0.1) is 25.9 Å². The highest BCUT2D eigenvalue weighted by Gasteiger charge is 2.65. The Balaban J connectivity index is 1.38. The van der Waals surface area contributed by atoms with Gasteiger partial charge in [-0.3, -0.25) is 4.79 Å². The second kappa shape index (κ2) is 12.0. The summed E-state index contributed by atoms with van der Waals surface area (Å²) in [5, 5.41) is 83.5. The largest absolute Gasteiger partial charge is 0.492 e. The van der Waals surface area contributed by atoms with Crippen LogP contribution in [0.15, 0.2) is 45.8 Å². The molecule has 8 N–H and O–H groups in total. The number of benzene rings is 2. The van der Waals surface area contributed by atoms with Crippen LogP contribution in [0.5, 0.6) is 23.0 Å². The topological polar surface area (TPSA) is 247 Å². The Labute approximate surface area is 253 Å². The maximum atomic E-state index is 13.6. The monoisotopic (exact) mass is 636 g/mol. The molecule has 0 spiro atoms. The molecule has 1 aromatic heterocycles. The summed E-state index contributed by atoms with van der Waals surface area (Å²) < 4.78 is 39.4. The van der Waals surface area contributed by atoms with E-state index in [1.54, 1.807) is 0 Å². The summed E-state index contributed by atoms with van der Waals surface area (Å²) in [6, 6.07) is 7.13. The molecular weight excluding hydrogens is 604 g/mol. The molecule has 3 aliphatic heterocycles. The van der Waals surface area contributed by atoms with E-state index in [4.69, 9.17) is 32.8 Å². The fourth-order valence-electron chi connectivity index (χ4n) is 5.87. The molecule has 2 aromatic carbocycles. The predicted octanol–water partition coefficient (Wildman–Crippen LogP) is -2.41. The third-order valence-corrected chi connectivity index (χ3v) is 8.28. The summed E-state index contributed by atoms with van der Waals surface area (Å²) in [4.78, 5) is 13.6. The summed E-state index contributed by atoms with van der Waals surface area (Å²) >= 11 is 0. The van der Waals surface area contributed by atoms with E-state index in [2.05, 4.69) is 0 Å². The second-order valence-corrected chi connectivity index (χ2v) is 10.9. The van der Waals surface area contributed by atoms with Crippen molar-refractivity contribution in [2.24, 2.45) is 0 Å².